The number of amides is 1. The number of thioether (sulfide) groups is 1. The van der Waals surface area contributed by atoms with Gasteiger partial charge in [-0.2, -0.15) is 0 Å². The van der Waals surface area contributed by atoms with Crippen molar-refractivity contribution in [3.63, 3.8) is 0 Å². The first-order chi connectivity index (χ1) is 14.7. The van der Waals surface area contributed by atoms with Crippen LogP contribution in [0.1, 0.15) is 55.5 Å². The van der Waals surface area contributed by atoms with E-state index < -0.39 is 0 Å². The summed E-state index contributed by atoms with van der Waals surface area (Å²) in [6.07, 6.45) is 6.37. The van der Waals surface area contributed by atoms with Crippen LogP contribution in [0, 0.1) is 0 Å². The minimum atomic E-state index is 0.0279. The minimum absolute atomic E-state index is 0.0279. The van der Waals surface area contributed by atoms with E-state index in [2.05, 4.69) is 17.5 Å². The summed E-state index contributed by atoms with van der Waals surface area (Å²) in [4.78, 5) is 34.4. The van der Waals surface area contributed by atoms with E-state index >= 15 is 0 Å². The van der Waals surface area contributed by atoms with Crippen LogP contribution < -0.4 is 5.56 Å². The standard InChI is InChI=1S/C23H25N3O2S2/c27-21(25-13-5-11-19(25)20-12-6-14-29-20)15-30-23-24-18-10-4-3-9-17(18)22(28)26(23)16-7-1-2-8-16/h3-4,6,9-10,12,14,16,19H,1-2,5,7-8,11,13,15H2. The van der Waals surface area contributed by atoms with Gasteiger partial charge in [-0.05, 0) is 49.3 Å². The van der Waals surface area contributed by atoms with Crippen LogP contribution in [0.15, 0.2) is 51.7 Å². The molecule has 0 spiro atoms. The molecule has 1 aliphatic carbocycles. The van der Waals surface area contributed by atoms with Crippen LogP contribution >= 0.6 is 23.1 Å². The van der Waals surface area contributed by atoms with E-state index in [1.54, 1.807) is 11.3 Å². The molecule has 2 aliphatic rings. The van der Waals surface area contributed by atoms with Crippen molar-refractivity contribution in [1.82, 2.24) is 14.5 Å². The van der Waals surface area contributed by atoms with Gasteiger partial charge >= 0.3 is 0 Å². The second-order valence-corrected chi connectivity index (χ2v) is 10.00. The van der Waals surface area contributed by atoms with Crippen molar-refractivity contribution >= 4 is 39.9 Å². The van der Waals surface area contributed by atoms with Crippen molar-refractivity contribution in [2.24, 2.45) is 0 Å². The number of thiophene rings is 1. The molecule has 1 aliphatic heterocycles. The lowest BCUT2D eigenvalue weighted by Crippen LogP contribution is -2.32. The molecule has 156 valence electrons. The lowest BCUT2D eigenvalue weighted by atomic mass is 10.2. The third-order valence-electron chi connectivity index (χ3n) is 6.23. The third kappa shape index (κ3) is 3.69. The van der Waals surface area contributed by atoms with Crippen molar-refractivity contribution < 1.29 is 4.79 Å². The molecule has 1 saturated heterocycles. The van der Waals surface area contributed by atoms with E-state index in [4.69, 9.17) is 4.98 Å². The fourth-order valence-electron chi connectivity index (χ4n) is 4.76. The summed E-state index contributed by atoms with van der Waals surface area (Å²) in [6.45, 7) is 0.808. The molecular formula is C23H25N3O2S2. The summed E-state index contributed by atoms with van der Waals surface area (Å²) in [5.74, 6) is 0.454. The molecule has 1 aromatic carbocycles. The Morgan fingerprint density at radius 2 is 1.93 bits per heavy atom. The van der Waals surface area contributed by atoms with Crippen LogP contribution in [-0.4, -0.2) is 32.7 Å². The highest BCUT2D eigenvalue weighted by molar-refractivity contribution is 7.99. The number of benzene rings is 1. The highest BCUT2D eigenvalue weighted by Gasteiger charge is 2.31. The van der Waals surface area contributed by atoms with E-state index in [0.717, 1.165) is 45.1 Å². The van der Waals surface area contributed by atoms with E-state index in [9.17, 15) is 9.59 Å². The molecule has 2 fully saturated rings. The summed E-state index contributed by atoms with van der Waals surface area (Å²) >= 11 is 3.14. The van der Waals surface area contributed by atoms with Gasteiger partial charge in [-0.25, -0.2) is 4.98 Å². The number of hydrogen-bond acceptors (Lipinski definition) is 5. The van der Waals surface area contributed by atoms with E-state index in [1.807, 2.05) is 33.7 Å². The molecule has 2 aromatic heterocycles. The van der Waals surface area contributed by atoms with Gasteiger partial charge in [-0.3, -0.25) is 14.2 Å². The highest BCUT2D eigenvalue weighted by atomic mass is 32.2. The van der Waals surface area contributed by atoms with Crippen LogP contribution in [0.25, 0.3) is 10.9 Å². The molecule has 1 unspecified atom stereocenters. The minimum Gasteiger partial charge on any atom is -0.334 e. The summed E-state index contributed by atoms with van der Waals surface area (Å²) < 4.78 is 1.87. The largest absolute Gasteiger partial charge is 0.334 e. The van der Waals surface area contributed by atoms with E-state index in [0.29, 0.717) is 21.8 Å². The smallest absolute Gasteiger partial charge is 0.262 e. The van der Waals surface area contributed by atoms with Gasteiger partial charge in [0.25, 0.3) is 5.56 Å². The third-order valence-corrected chi connectivity index (χ3v) is 8.15. The Labute approximate surface area is 184 Å². The fraction of sp³-hybridized carbons (Fsp3) is 0.435. The molecule has 1 amide bonds. The Kier molecular flexibility index (Phi) is 5.65. The zero-order chi connectivity index (χ0) is 20.5. The summed E-state index contributed by atoms with van der Waals surface area (Å²) in [7, 11) is 0. The molecule has 3 heterocycles. The first-order valence-corrected chi connectivity index (χ1v) is 12.6. The quantitative estimate of drug-likeness (QED) is 0.413. The maximum atomic E-state index is 13.3. The van der Waals surface area contributed by atoms with Gasteiger partial charge in [-0.1, -0.05) is 42.8 Å². The summed E-state index contributed by atoms with van der Waals surface area (Å²) in [5.41, 5.74) is 0.740. The van der Waals surface area contributed by atoms with Crippen LogP contribution in [0.5, 0.6) is 0 Å². The second-order valence-electron chi connectivity index (χ2n) is 8.07. The monoisotopic (exact) mass is 439 g/mol. The van der Waals surface area contributed by atoms with Crippen LogP contribution in [0.2, 0.25) is 0 Å². The SMILES string of the molecule is O=C(CSc1nc2ccccc2c(=O)n1C1CCCC1)N1CCCC1c1cccs1. The lowest BCUT2D eigenvalue weighted by molar-refractivity contribution is -0.129. The number of carbonyl (C=O) groups is 1. The Balaban J connectivity index is 1.41. The van der Waals surface area contributed by atoms with Gasteiger partial charge < -0.3 is 4.90 Å². The van der Waals surface area contributed by atoms with Crippen LogP contribution in [0.4, 0.5) is 0 Å². The zero-order valence-corrected chi connectivity index (χ0v) is 18.5. The Morgan fingerprint density at radius 1 is 1.10 bits per heavy atom. The van der Waals surface area contributed by atoms with E-state index in [1.165, 1.54) is 16.6 Å². The first kappa shape index (κ1) is 19.8. The Hall–Kier alpha value is -2.12. The molecule has 0 radical (unpaired) electrons. The van der Waals surface area contributed by atoms with Gasteiger partial charge in [-0.15, -0.1) is 11.3 Å². The van der Waals surface area contributed by atoms with Crippen LogP contribution in [-0.2, 0) is 4.79 Å². The number of carbonyl (C=O) groups excluding carboxylic acids is 1. The molecule has 0 bridgehead atoms. The number of aromatic nitrogens is 2. The molecule has 30 heavy (non-hydrogen) atoms. The molecule has 1 atom stereocenters. The number of nitrogens with zero attached hydrogens (tertiary/aromatic N) is 3. The maximum absolute atomic E-state index is 13.3. The molecule has 7 heteroatoms. The second kappa shape index (κ2) is 8.55. The van der Waals surface area contributed by atoms with Crippen molar-refractivity contribution in [2.45, 2.75) is 55.8 Å². The van der Waals surface area contributed by atoms with Crippen LogP contribution in [0.3, 0.4) is 0 Å². The zero-order valence-electron chi connectivity index (χ0n) is 16.8. The van der Waals surface area contributed by atoms with Gasteiger partial charge in [0.15, 0.2) is 5.16 Å². The Bertz CT molecular complexity index is 1100. The summed E-state index contributed by atoms with van der Waals surface area (Å²) in [6, 6.07) is 12.1. The number of para-hydroxylation sites is 1. The lowest BCUT2D eigenvalue weighted by Gasteiger charge is -2.24. The average Bonchev–Trinajstić information content (AvgIpc) is 3.54. The van der Waals surface area contributed by atoms with Crippen molar-refractivity contribution in [3.05, 3.63) is 57.0 Å². The summed E-state index contributed by atoms with van der Waals surface area (Å²) in [5, 5.41) is 3.42. The normalized spacial score (nSPS) is 19.7. The highest BCUT2D eigenvalue weighted by Crippen LogP contribution is 2.36. The number of fused-ring (bicyclic) bond motifs is 1. The molecule has 5 rings (SSSR count). The molecule has 5 nitrogen and oxygen atoms in total. The van der Waals surface area contributed by atoms with Crippen molar-refractivity contribution in [1.29, 1.82) is 0 Å². The molecular weight excluding hydrogens is 414 g/mol. The van der Waals surface area contributed by atoms with Gasteiger partial charge in [0, 0.05) is 17.5 Å². The van der Waals surface area contributed by atoms with Gasteiger partial charge in [0.2, 0.25) is 5.91 Å². The Morgan fingerprint density at radius 3 is 2.73 bits per heavy atom. The van der Waals surface area contributed by atoms with Crippen molar-refractivity contribution in [2.75, 3.05) is 12.3 Å². The molecule has 0 N–H and O–H groups in total. The topological polar surface area (TPSA) is 55.2 Å². The average molecular weight is 440 g/mol. The fourth-order valence-corrected chi connectivity index (χ4v) is 6.59. The van der Waals surface area contributed by atoms with Gasteiger partial charge in [0.1, 0.15) is 0 Å². The predicted molar refractivity (Wildman–Crippen MR) is 122 cm³/mol. The van der Waals surface area contributed by atoms with Crippen molar-refractivity contribution in [3.8, 4) is 0 Å². The maximum Gasteiger partial charge on any atom is 0.262 e. The first-order valence-electron chi connectivity index (χ1n) is 10.7. The molecule has 3 aromatic rings. The van der Waals surface area contributed by atoms with E-state index in [-0.39, 0.29) is 23.6 Å². The predicted octanol–water partition coefficient (Wildman–Crippen LogP) is 5.03. The number of hydrogen-bond donors (Lipinski definition) is 0. The number of rotatable bonds is 5. The van der Waals surface area contributed by atoms with Gasteiger partial charge in [0.05, 0.1) is 22.7 Å². The number of likely N-dealkylation sites (tertiary alicyclic amines) is 1. The molecule has 1 saturated carbocycles.